The first kappa shape index (κ1) is 28.4. The van der Waals surface area contributed by atoms with E-state index in [2.05, 4.69) is 39.5 Å². The lowest BCUT2D eigenvalue weighted by Gasteiger charge is -2.34. The van der Waals surface area contributed by atoms with E-state index in [0.717, 1.165) is 43.8 Å². The monoisotopic (exact) mass is 541 g/mol. The molecule has 1 aliphatic heterocycles. The highest BCUT2D eigenvalue weighted by Gasteiger charge is 2.28. The van der Waals surface area contributed by atoms with Crippen LogP contribution >= 0.6 is 11.6 Å². The average Bonchev–Trinajstić information content (AvgIpc) is 3.27. The molecule has 1 fully saturated rings. The van der Waals surface area contributed by atoms with Crippen molar-refractivity contribution < 1.29 is 28.0 Å². The molecule has 0 spiro atoms. The van der Waals surface area contributed by atoms with E-state index in [0.29, 0.717) is 16.1 Å². The van der Waals surface area contributed by atoms with Crippen LogP contribution in [-0.2, 0) is 16.2 Å². The number of anilines is 1. The number of halogens is 3. The van der Waals surface area contributed by atoms with Crippen molar-refractivity contribution in [3.63, 3.8) is 0 Å². The van der Waals surface area contributed by atoms with Crippen LogP contribution < -0.4 is 10.6 Å². The fraction of sp³-hybridized carbons (Fsp3) is 0.522. The van der Waals surface area contributed by atoms with Crippen LogP contribution in [0.3, 0.4) is 0 Å². The van der Waals surface area contributed by atoms with Crippen LogP contribution in [0.25, 0.3) is 0 Å². The number of rotatable bonds is 10. The van der Waals surface area contributed by atoms with E-state index in [1.807, 2.05) is 0 Å². The Labute approximate surface area is 218 Å². The number of likely N-dealkylation sites (tertiary alicyclic amines) is 1. The molecule has 11 nitrogen and oxygen atoms in total. The number of hydrogen-bond donors (Lipinski definition) is 2. The van der Waals surface area contributed by atoms with Crippen molar-refractivity contribution in [1.82, 2.24) is 30.0 Å². The van der Waals surface area contributed by atoms with Crippen molar-refractivity contribution >= 4 is 35.1 Å². The minimum absolute atomic E-state index is 0.0676. The summed E-state index contributed by atoms with van der Waals surface area (Å²) in [7, 11) is 1.07. The van der Waals surface area contributed by atoms with Crippen molar-refractivity contribution in [2.45, 2.75) is 51.7 Å². The maximum absolute atomic E-state index is 13.2. The highest BCUT2D eigenvalue weighted by atomic mass is 35.5. The zero-order chi connectivity index (χ0) is 27.1. The van der Waals surface area contributed by atoms with Crippen LogP contribution in [0.5, 0.6) is 0 Å². The zero-order valence-electron chi connectivity index (χ0n) is 20.8. The number of pyridine rings is 1. The standard InChI is InChI=1S/C23H30ClF2N7O4/c1-14(2)31-8-6-16(7-9-31)28-22(35)18-10-17(23(36)33(37-3)12-19(25)26)30-32(18)13-21(34)29-20-5-4-15(24)11-27-20/h4-5,10-11,14,16,19H,6-9,12-13H2,1-3H3,(H,28,35)(H,27,29,34). The second-order valence-electron chi connectivity index (χ2n) is 8.80. The van der Waals surface area contributed by atoms with Gasteiger partial charge in [-0.1, -0.05) is 11.6 Å². The number of carbonyl (C=O) groups is 3. The van der Waals surface area contributed by atoms with Gasteiger partial charge in [0.1, 0.15) is 24.6 Å². The average molecular weight is 542 g/mol. The molecular formula is C23H30ClF2N7O4. The summed E-state index contributed by atoms with van der Waals surface area (Å²) in [6, 6.07) is 4.49. The van der Waals surface area contributed by atoms with Crippen LogP contribution in [-0.4, -0.2) is 87.7 Å². The highest BCUT2D eigenvalue weighted by Crippen LogP contribution is 2.16. The lowest BCUT2D eigenvalue weighted by atomic mass is 10.0. The van der Waals surface area contributed by atoms with Crippen molar-refractivity contribution in [3.05, 3.63) is 40.8 Å². The number of hydroxylamine groups is 2. The van der Waals surface area contributed by atoms with Gasteiger partial charge < -0.3 is 15.5 Å². The van der Waals surface area contributed by atoms with Gasteiger partial charge in [-0.2, -0.15) is 5.10 Å². The molecule has 0 unspecified atom stereocenters. The van der Waals surface area contributed by atoms with Gasteiger partial charge in [0, 0.05) is 37.4 Å². The number of hydrogen-bond acceptors (Lipinski definition) is 7. The van der Waals surface area contributed by atoms with Crippen LogP contribution in [0, 0.1) is 0 Å². The Bertz CT molecular complexity index is 1090. The summed E-state index contributed by atoms with van der Waals surface area (Å²) >= 11 is 5.81. The molecule has 3 rings (SSSR count). The number of carbonyl (C=O) groups excluding carboxylic acids is 3. The van der Waals surface area contributed by atoms with E-state index in [1.165, 1.54) is 12.3 Å². The van der Waals surface area contributed by atoms with E-state index in [1.54, 1.807) is 6.07 Å². The smallest absolute Gasteiger partial charge is 0.298 e. The highest BCUT2D eigenvalue weighted by molar-refractivity contribution is 6.30. The van der Waals surface area contributed by atoms with Gasteiger partial charge >= 0.3 is 0 Å². The number of amides is 3. The molecule has 0 aliphatic carbocycles. The fourth-order valence-corrected chi connectivity index (χ4v) is 4.02. The number of piperidine rings is 1. The predicted octanol–water partition coefficient (Wildman–Crippen LogP) is 2.44. The molecule has 0 atom stereocenters. The minimum Gasteiger partial charge on any atom is -0.348 e. The van der Waals surface area contributed by atoms with E-state index in [-0.39, 0.29) is 23.2 Å². The van der Waals surface area contributed by atoms with Crippen molar-refractivity contribution in [3.8, 4) is 0 Å². The molecule has 2 aromatic rings. The van der Waals surface area contributed by atoms with E-state index in [4.69, 9.17) is 16.4 Å². The Morgan fingerprint density at radius 2 is 1.95 bits per heavy atom. The Balaban J connectivity index is 1.79. The Hall–Kier alpha value is -3.16. The maximum Gasteiger partial charge on any atom is 0.298 e. The topological polar surface area (TPSA) is 122 Å². The SMILES string of the molecule is CON(CC(F)F)C(=O)c1cc(C(=O)NC2CCN(C(C)C)CC2)n(CC(=O)Nc2ccc(Cl)cn2)n1. The summed E-state index contributed by atoms with van der Waals surface area (Å²) in [5.41, 5.74) is -0.387. The molecule has 0 aromatic carbocycles. The molecule has 3 heterocycles. The van der Waals surface area contributed by atoms with Crippen molar-refractivity contribution in [1.29, 1.82) is 0 Å². The third-order valence-corrected chi connectivity index (χ3v) is 6.09. The molecule has 0 saturated carbocycles. The fourth-order valence-electron chi connectivity index (χ4n) is 3.91. The molecular weight excluding hydrogens is 512 g/mol. The second-order valence-corrected chi connectivity index (χ2v) is 9.24. The molecule has 2 N–H and O–H groups in total. The van der Waals surface area contributed by atoms with E-state index < -0.39 is 37.2 Å². The summed E-state index contributed by atoms with van der Waals surface area (Å²) < 4.78 is 26.8. The summed E-state index contributed by atoms with van der Waals surface area (Å²) in [4.78, 5) is 49.6. The van der Waals surface area contributed by atoms with Crippen LogP contribution in [0.2, 0.25) is 5.02 Å². The molecule has 0 radical (unpaired) electrons. The summed E-state index contributed by atoms with van der Waals surface area (Å²) in [6.07, 6.45) is -0.0205. The molecule has 37 heavy (non-hydrogen) atoms. The van der Waals surface area contributed by atoms with Crippen molar-refractivity contribution in [2.24, 2.45) is 0 Å². The van der Waals surface area contributed by atoms with E-state index in [9.17, 15) is 23.2 Å². The Morgan fingerprint density at radius 1 is 1.24 bits per heavy atom. The number of alkyl halides is 2. The summed E-state index contributed by atoms with van der Waals surface area (Å²) in [5.74, 6) is -1.86. The molecule has 1 saturated heterocycles. The lowest BCUT2D eigenvalue weighted by Crippen LogP contribution is -2.47. The van der Waals surface area contributed by atoms with Crippen LogP contribution in [0.4, 0.5) is 14.6 Å². The molecule has 1 aliphatic rings. The number of aromatic nitrogens is 3. The molecule has 3 amide bonds. The number of nitrogens with one attached hydrogen (secondary N) is 2. The first-order valence-electron chi connectivity index (χ1n) is 11.8. The van der Waals surface area contributed by atoms with Gasteiger partial charge in [0.05, 0.1) is 12.1 Å². The van der Waals surface area contributed by atoms with Gasteiger partial charge in [0.15, 0.2) is 5.69 Å². The van der Waals surface area contributed by atoms with Crippen LogP contribution in [0.1, 0.15) is 47.7 Å². The zero-order valence-corrected chi connectivity index (χ0v) is 21.5. The first-order valence-corrected chi connectivity index (χ1v) is 12.1. The Kier molecular flexibility index (Phi) is 9.89. The van der Waals surface area contributed by atoms with Gasteiger partial charge in [0.2, 0.25) is 5.91 Å². The maximum atomic E-state index is 13.2. The Morgan fingerprint density at radius 3 is 2.51 bits per heavy atom. The van der Waals surface area contributed by atoms with Gasteiger partial charge in [-0.25, -0.2) is 23.5 Å². The predicted molar refractivity (Wildman–Crippen MR) is 131 cm³/mol. The largest absolute Gasteiger partial charge is 0.348 e. The lowest BCUT2D eigenvalue weighted by molar-refractivity contribution is -0.118. The van der Waals surface area contributed by atoms with Gasteiger partial charge in [-0.3, -0.25) is 19.2 Å². The minimum atomic E-state index is -2.84. The van der Waals surface area contributed by atoms with Crippen LogP contribution in [0.15, 0.2) is 24.4 Å². The normalized spacial score (nSPS) is 14.7. The first-order chi connectivity index (χ1) is 17.6. The van der Waals surface area contributed by atoms with Gasteiger partial charge in [-0.15, -0.1) is 0 Å². The third kappa shape index (κ3) is 7.91. The third-order valence-electron chi connectivity index (χ3n) is 5.87. The van der Waals surface area contributed by atoms with Crippen molar-refractivity contribution in [2.75, 3.05) is 32.1 Å². The quantitative estimate of drug-likeness (QED) is 0.443. The number of nitrogens with zero attached hydrogens (tertiary/aromatic N) is 5. The molecule has 0 bridgehead atoms. The molecule has 14 heteroatoms. The summed E-state index contributed by atoms with van der Waals surface area (Å²) in [6.45, 7) is 4.43. The molecule has 2 aromatic heterocycles. The van der Waals surface area contributed by atoms with Gasteiger partial charge in [-0.05, 0) is 38.8 Å². The van der Waals surface area contributed by atoms with Gasteiger partial charge in [0.25, 0.3) is 18.2 Å². The molecule has 202 valence electrons. The second kappa shape index (κ2) is 12.9. The van der Waals surface area contributed by atoms with E-state index >= 15 is 0 Å². The summed E-state index contributed by atoms with van der Waals surface area (Å²) in [5, 5.41) is 10.4.